The molecule has 110 valence electrons. The molecular weight excluding hydrogens is 296 g/mol. The molecule has 8 heteroatoms. The Bertz CT molecular complexity index is 785. The number of rotatable bonds is 4. The Morgan fingerprint density at radius 3 is 2.48 bits per heavy atom. The van der Waals surface area contributed by atoms with Gasteiger partial charge < -0.3 is 4.74 Å². The first-order chi connectivity index (χ1) is 9.79. The number of nitrogens with zero attached hydrogens (tertiary/aromatic N) is 2. The van der Waals surface area contributed by atoms with Crippen LogP contribution >= 0.6 is 0 Å². The van der Waals surface area contributed by atoms with Gasteiger partial charge in [0.2, 0.25) is 5.75 Å². The van der Waals surface area contributed by atoms with E-state index in [2.05, 4.69) is 4.98 Å². The van der Waals surface area contributed by atoms with Gasteiger partial charge in [0.15, 0.2) is 9.84 Å². The molecule has 0 saturated heterocycles. The topological polar surface area (TPSA) is 99.4 Å². The normalized spacial score (nSPS) is 11.1. The second-order valence-electron chi connectivity index (χ2n) is 4.37. The first-order valence-corrected chi connectivity index (χ1v) is 7.76. The third-order valence-electron chi connectivity index (χ3n) is 2.66. The number of aryl methyl sites for hydroxylation is 1. The molecule has 21 heavy (non-hydrogen) atoms. The molecule has 2 rings (SSSR count). The molecule has 0 radical (unpaired) electrons. The molecule has 1 aromatic heterocycles. The molecule has 0 bridgehead atoms. The maximum absolute atomic E-state index is 11.6. The summed E-state index contributed by atoms with van der Waals surface area (Å²) in [6.45, 7) is 1.79. The van der Waals surface area contributed by atoms with Gasteiger partial charge in [-0.25, -0.2) is 8.42 Å². The number of nitro benzene ring substituents is 1. The van der Waals surface area contributed by atoms with Crippen LogP contribution in [-0.4, -0.2) is 24.6 Å². The zero-order valence-electron chi connectivity index (χ0n) is 11.3. The highest BCUT2D eigenvalue weighted by Gasteiger charge is 2.27. The van der Waals surface area contributed by atoms with Crippen LogP contribution in [0.5, 0.6) is 11.5 Å². The predicted octanol–water partition coefficient (Wildman–Crippen LogP) is 2.49. The Balaban J connectivity index is 2.54. The molecule has 1 aromatic carbocycles. The number of hydrogen-bond donors (Lipinski definition) is 0. The predicted molar refractivity (Wildman–Crippen MR) is 75.3 cm³/mol. The highest BCUT2D eigenvalue weighted by Crippen LogP contribution is 2.36. The number of benzene rings is 1. The number of ether oxygens (including phenoxy) is 1. The van der Waals surface area contributed by atoms with E-state index in [9.17, 15) is 18.5 Å². The average Bonchev–Trinajstić information content (AvgIpc) is 2.40. The zero-order valence-corrected chi connectivity index (χ0v) is 12.1. The number of aromatic nitrogens is 1. The monoisotopic (exact) mass is 308 g/mol. The van der Waals surface area contributed by atoms with E-state index in [1.54, 1.807) is 19.1 Å². The van der Waals surface area contributed by atoms with Crippen LogP contribution in [0.3, 0.4) is 0 Å². The van der Waals surface area contributed by atoms with Crippen LogP contribution in [0.1, 0.15) is 5.69 Å². The number of para-hydroxylation sites is 1. The fourth-order valence-electron chi connectivity index (χ4n) is 1.71. The largest absolute Gasteiger partial charge is 0.448 e. The molecule has 1 heterocycles. The summed E-state index contributed by atoms with van der Waals surface area (Å²) in [5.41, 5.74) is 0.183. The number of nitro groups is 1. The zero-order chi connectivity index (χ0) is 15.6. The molecule has 0 atom stereocenters. The van der Waals surface area contributed by atoms with Gasteiger partial charge in [0.1, 0.15) is 10.6 Å². The van der Waals surface area contributed by atoms with Crippen molar-refractivity contribution in [3.63, 3.8) is 0 Å². The molecule has 0 aliphatic rings. The molecular formula is C13H12N2O5S. The molecule has 0 N–H and O–H groups in total. The maximum atomic E-state index is 11.6. The van der Waals surface area contributed by atoms with E-state index in [4.69, 9.17) is 4.74 Å². The third-order valence-corrected chi connectivity index (χ3v) is 3.78. The first kappa shape index (κ1) is 14.9. The molecule has 0 saturated carbocycles. The molecule has 0 aliphatic heterocycles. The van der Waals surface area contributed by atoms with Gasteiger partial charge in [-0.2, -0.15) is 0 Å². The maximum Gasteiger partial charge on any atom is 0.330 e. The highest BCUT2D eigenvalue weighted by molar-refractivity contribution is 7.90. The van der Waals surface area contributed by atoms with Crippen LogP contribution in [-0.2, 0) is 9.84 Å². The molecule has 0 aliphatic carbocycles. The van der Waals surface area contributed by atoms with Crippen molar-refractivity contribution in [2.75, 3.05) is 6.26 Å². The van der Waals surface area contributed by atoms with E-state index in [0.717, 1.165) is 11.9 Å². The Morgan fingerprint density at radius 2 is 1.95 bits per heavy atom. The summed E-state index contributed by atoms with van der Waals surface area (Å²) in [5, 5.41) is 11.2. The lowest BCUT2D eigenvalue weighted by Crippen LogP contribution is -2.04. The Morgan fingerprint density at radius 1 is 1.24 bits per heavy atom. The van der Waals surface area contributed by atoms with Crippen LogP contribution in [0, 0.1) is 17.0 Å². The fourth-order valence-corrected chi connectivity index (χ4v) is 2.56. The smallest absolute Gasteiger partial charge is 0.330 e. The van der Waals surface area contributed by atoms with Crippen molar-refractivity contribution in [3.8, 4) is 11.5 Å². The minimum absolute atomic E-state index is 0.145. The van der Waals surface area contributed by atoms with Gasteiger partial charge in [0, 0.05) is 11.9 Å². The van der Waals surface area contributed by atoms with Crippen LogP contribution in [0.15, 0.2) is 41.4 Å². The summed E-state index contributed by atoms with van der Waals surface area (Å²) in [7, 11) is -3.74. The Labute approximate surface area is 121 Å². The minimum atomic E-state index is -3.74. The van der Waals surface area contributed by atoms with Gasteiger partial charge in [-0.1, -0.05) is 6.07 Å². The minimum Gasteiger partial charge on any atom is -0.448 e. The van der Waals surface area contributed by atoms with Crippen LogP contribution in [0.4, 0.5) is 5.69 Å². The lowest BCUT2D eigenvalue weighted by atomic mass is 10.3. The van der Waals surface area contributed by atoms with Crippen molar-refractivity contribution in [1.82, 2.24) is 4.98 Å². The van der Waals surface area contributed by atoms with E-state index < -0.39 is 20.4 Å². The number of sulfone groups is 1. The van der Waals surface area contributed by atoms with Crippen molar-refractivity contribution in [2.45, 2.75) is 11.8 Å². The Hall–Kier alpha value is -2.48. The second kappa shape index (κ2) is 5.49. The number of hydrogen-bond acceptors (Lipinski definition) is 6. The molecule has 7 nitrogen and oxygen atoms in total. The van der Waals surface area contributed by atoms with E-state index in [0.29, 0.717) is 0 Å². The lowest BCUT2D eigenvalue weighted by molar-refractivity contribution is -0.388. The SMILES string of the molecule is Cc1ccc(Oc2cccc(S(C)(=O)=O)c2[N+](=O)[O-])cn1. The van der Waals surface area contributed by atoms with Crippen LogP contribution in [0.25, 0.3) is 0 Å². The Kier molecular flexibility index (Phi) is 3.90. The quantitative estimate of drug-likeness (QED) is 0.635. The summed E-state index contributed by atoms with van der Waals surface area (Å²) in [4.78, 5) is 14.0. The van der Waals surface area contributed by atoms with Gasteiger partial charge in [-0.3, -0.25) is 15.1 Å². The summed E-state index contributed by atoms with van der Waals surface area (Å²) in [6.07, 6.45) is 2.32. The van der Waals surface area contributed by atoms with Crippen molar-refractivity contribution >= 4 is 15.5 Å². The number of pyridine rings is 1. The standard InChI is InChI=1S/C13H12N2O5S/c1-9-6-7-10(8-14-9)20-11-4-3-5-12(21(2,18)19)13(11)15(16)17/h3-8H,1-2H3. The summed E-state index contributed by atoms with van der Waals surface area (Å²) in [5.74, 6) is 0.142. The van der Waals surface area contributed by atoms with E-state index in [1.165, 1.54) is 24.4 Å². The summed E-state index contributed by atoms with van der Waals surface area (Å²) >= 11 is 0. The average molecular weight is 308 g/mol. The van der Waals surface area contributed by atoms with Crippen molar-refractivity contribution in [3.05, 3.63) is 52.3 Å². The molecule has 2 aromatic rings. The van der Waals surface area contributed by atoms with Crippen LogP contribution in [0.2, 0.25) is 0 Å². The fraction of sp³-hybridized carbons (Fsp3) is 0.154. The molecule has 0 spiro atoms. The van der Waals surface area contributed by atoms with E-state index in [1.807, 2.05) is 0 Å². The molecule has 0 fully saturated rings. The van der Waals surface area contributed by atoms with Gasteiger partial charge in [-0.15, -0.1) is 0 Å². The van der Waals surface area contributed by atoms with Crippen molar-refractivity contribution in [2.24, 2.45) is 0 Å². The van der Waals surface area contributed by atoms with E-state index >= 15 is 0 Å². The van der Waals surface area contributed by atoms with Gasteiger partial charge in [0.05, 0.1) is 11.1 Å². The lowest BCUT2D eigenvalue weighted by Gasteiger charge is -2.08. The van der Waals surface area contributed by atoms with Crippen molar-refractivity contribution < 1.29 is 18.1 Å². The van der Waals surface area contributed by atoms with E-state index in [-0.39, 0.29) is 16.4 Å². The molecule has 0 unspecified atom stereocenters. The van der Waals surface area contributed by atoms with Crippen LogP contribution < -0.4 is 4.74 Å². The third kappa shape index (κ3) is 3.34. The summed E-state index contributed by atoms with van der Waals surface area (Å²) in [6, 6.07) is 7.18. The van der Waals surface area contributed by atoms with Gasteiger partial charge in [-0.05, 0) is 31.2 Å². The van der Waals surface area contributed by atoms with Gasteiger partial charge >= 0.3 is 5.69 Å². The first-order valence-electron chi connectivity index (χ1n) is 5.87. The highest BCUT2D eigenvalue weighted by atomic mass is 32.2. The second-order valence-corrected chi connectivity index (χ2v) is 6.35. The van der Waals surface area contributed by atoms with Gasteiger partial charge in [0.25, 0.3) is 0 Å². The summed E-state index contributed by atoms with van der Waals surface area (Å²) < 4.78 is 28.7. The molecule has 0 amide bonds. The van der Waals surface area contributed by atoms with Crippen molar-refractivity contribution in [1.29, 1.82) is 0 Å².